The number of aromatic nitrogens is 1. The van der Waals surface area contributed by atoms with Gasteiger partial charge in [0.1, 0.15) is 11.5 Å². The van der Waals surface area contributed by atoms with E-state index in [4.69, 9.17) is 0 Å². The quantitative estimate of drug-likeness (QED) is 0.614. The highest BCUT2D eigenvalue weighted by molar-refractivity contribution is 5.76. The summed E-state index contributed by atoms with van der Waals surface area (Å²) < 4.78 is 51.2. The first-order valence-electron chi connectivity index (χ1n) is 5.20. The lowest BCUT2D eigenvalue weighted by atomic mass is 10.0. The van der Waals surface area contributed by atoms with Crippen LogP contribution in [0, 0.1) is 5.82 Å². The molecule has 1 aromatic heterocycles. The number of halogens is 4. The molecule has 0 N–H and O–H groups in total. The second kappa shape index (κ2) is 4.79. The van der Waals surface area contributed by atoms with E-state index in [2.05, 4.69) is 4.98 Å². The molecule has 0 saturated heterocycles. The van der Waals surface area contributed by atoms with E-state index in [9.17, 15) is 22.4 Å². The van der Waals surface area contributed by atoms with Crippen LogP contribution in [-0.4, -0.2) is 11.3 Å². The zero-order valence-corrected chi connectivity index (χ0v) is 9.41. The molecular formula is C13H7F4NO. The fourth-order valence-electron chi connectivity index (χ4n) is 1.62. The molecular weight excluding hydrogens is 262 g/mol. The molecule has 0 aliphatic heterocycles. The maximum Gasteiger partial charge on any atom is 0.418 e. The highest BCUT2D eigenvalue weighted by atomic mass is 19.4. The Morgan fingerprint density at radius 1 is 1.11 bits per heavy atom. The number of carbonyl (C=O) groups is 1. The average Bonchev–Trinajstić information content (AvgIpc) is 2.37. The average molecular weight is 269 g/mol. The first-order chi connectivity index (χ1) is 8.91. The second-order valence-electron chi connectivity index (χ2n) is 3.78. The number of alkyl halides is 3. The minimum absolute atomic E-state index is 0.0399. The fraction of sp³-hybridized carbons (Fsp3) is 0.0769. The van der Waals surface area contributed by atoms with E-state index in [1.54, 1.807) is 0 Å². The van der Waals surface area contributed by atoms with E-state index >= 15 is 0 Å². The molecule has 0 aliphatic rings. The van der Waals surface area contributed by atoms with Gasteiger partial charge in [-0.15, -0.1) is 0 Å². The topological polar surface area (TPSA) is 30.0 Å². The number of hydrogen-bond donors (Lipinski definition) is 0. The summed E-state index contributed by atoms with van der Waals surface area (Å²) in [6, 6.07) is 5.90. The van der Waals surface area contributed by atoms with Gasteiger partial charge in [0.15, 0.2) is 6.29 Å². The summed E-state index contributed by atoms with van der Waals surface area (Å²) in [7, 11) is 0. The lowest BCUT2D eigenvalue weighted by Gasteiger charge is -2.10. The van der Waals surface area contributed by atoms with Crippen LogP contribution in [-0.2, 0) is 6.18 Å². The number of hydrogen-bond acceptors (Lipinski definition) is 2. The van der Waals surface area contributed by atoms with E-state index in [0.29, 0.717) is 0 Å². The third-order valence-corrected chi connectivity index (χ3v) is 2.49. The van der Waals surface area contributed by atoms with Crippen LogP contribution in [0.15, 0.2) is 36.5 Å². The smallest absolute Gasteiger partial charge is 0.296 e. The van der Waals surface area contributed by atoms with Gasteiger partial charge in [0.25, 0.3) is 0 Å². The fourth-order valence-corrected chi connectivity index (χ4v) is 1.62. The summed E-state index contributed by atoms with van der Waals surface area (Å²) in [6.07, 6.45) is -3.54. The number of aldehydes is 1. The molecule has 0 saturated carbocycles. The Bertz CT molecular complexity index is 622. The van der Waals surface area contributed by atoms with E-state index in [-0.39, 0.29) is 17.4 Å². The Kier molecular flexibility index (Phi) is 3.33. The number of nitrogens with zero attached hydrogens (tertiary/aromatic N) is 1. The van der Waals surface area contributed by atoms with E-state index < -0.39 is 23.3 Å². The molecule has 0 spiro atoms. The zero-order valence-electron chi connectivity index (χ0n) is 9.41. The van der Waals surface area contributed by atoms with Crippen molar-refractivity contribution in [3.8, 4) is 11.1 Å². The van der Waals surface area contributed by atoms with Crippen LogP contribution in [0.1, 0.15) is 16.1 Å². The van der Waals surface area contributed by atoms with Crippen molar-refractivity contribution in [3.63, 3.8) is 0 Å². The number of benzene rings is 1. The van der Waals surface area contributed by atoms with Crippen LogP contribution in [0.25, 0.3) is 11.1 Å². The molecule has 0 radical (unpaired) electrons. The second-order valence-corrected chi connectivity index (χ2v) is 3.78. The third kappa shape index (κ3) is 2.78. The van der Waals surface area contributed by atoms with Crippen molar-refractivity contribution in [1.82, 2.24) is 4.98 Å². The molecule has 2 nitrogen and oxygen atoms in total. The van der Waals surface area contributed by atoms with Crippen LogP contribution in [0.2, 0.25) is 0 Å². The van der Waals surface area contributed by atoms with Gasteiger partial charge in [-0.05, 0) is 23.8 Å². The Hall–Kier alpha value is -2.24. The van der Waals surface area contributed by atoms with Crippen molar-refractivity contribution < 1.29 is 22.4 Å². The zero-order chi connectivity index (χ0) is 14.0. The van der Waals surface area contributed by atoms with Gasteiger partial charge in [0, 0.05) is 11.8 Å². The van der Waals surface area contributed by atoms with Gasteiger partial charge in [-0.2, -0.15) is 13.2 Å². The number of rotatable bonds is 2. The summed E-state index contributed by atoms with van der Waals surface area (Å²) >= 11 is 0. The lowest BCUT2D eigenvalue weighted by Crippen LogP contribution is -2.10. The van der Waals surface area contributed by atoms with Crippen LogP contribution in [0.4, 0.5) is 17.6 Å². The van der Waals surface area contributed by atoms with E-state index in [1.807, 2.05) is 0 Å². The molecule has 0 aliphatic carbocycles. The first-order valence-corrected chi connectivity index (χ1v) is 5.20. The molecule has 1 aromatic carbocycles. The predicted octanol–water partition coefficient (Wildman–Crippen LogP) is 3.72. The molecule has 2 rings (SSSR count). The largest absolute Gasteiger partial charge is 0.418 e. The standard InChI is InChI=1S/C13H7F4NO/c14-10-3-1-2-8(4-10)9-5-11(13(15,16)17)12(7-19)18-6-9/h1-7H. The Morgan fingerprint density at radius 3 is 2.42 bits per heavy atom. The Balaban J connectivity index is 2.58. The van der Waals surface area contributed by atoms with Crippen molar-refractivity contribution in [1.29, 1.82) is 0 Å². The lowest BCUT2D eigenvalue weighted by molar-refractivity contribution is -0.138. The van der Waals surface area contributed by atoms with Gasteiger partial charge in [-0.25, -0.2) is 4.39 Å². The SMILES string of the molecule is O=Cc1ncc(-c2cccc(F)c2)cc1C(F)(F)F. The molecule has 0 amide bonds. The maximum absolute atomic E-state index is 13.0. The molecule has 0 atom stereocenters. The molecule has 6 heteroatoms. The molecule has 0 unspecified atom stereocenters. The van der Waals surface area contributed by atoms with Crippen LogP contribution in [0.5, 0.6) is 0 Å². The summed E-state index contributed by atoms with van der Waals surface area (Å²) in [5.74, 6) is -0.564. The molecule has 0 fully saturated rings. The van der Waals surface area contributed by atoms with Crippen molar-refractivity contribution >= 4 is 6.29 Å². The van der Waals surface area contributed by atoms with Gasteiger partial charge >= 0.3 is 6.18 Å². The normalized spacial score (nSPS) is 11.4. The van der Waals surface area contributed by atoms with Crippen LogP contribution in [0.3, 0.4) is 0 Å². The van der Waals surface area contributed by atoms with Crippen molar-refractivity contribution in [3.05, 3.63) is 53.6 Å². The van der Waals surface area contributed by atoms with Crippen molar-refractivity contribution in [2.75, 3.05) is 0 Å². The highest BCUT2D eigenvalue weighted by Gasteiger charge is 2.34. The van der Waals surface area contributed by atoms with Gasteiger partial charge in [-0.3, -0.25) is 9.78 Å². The minimum atomic E-state index is -4.69. The van der Waals surface area contributed by atoms with E-state index in [1.165, 1.54) is 18.2 Å². The van der Waals surface area contributed by atoms with Crippen molar-refractivity contribution in [2.24, 2.45) is 0 Å². The molecule has 0 bridgehead atoms. The molecule has 2 aromatic rings. The summed E-state index contributed by atoms with van der Waals surface area (Å²) in [5, 5.41) is 0. The molecule has 98 valence electrons. The van der Waals surface area contributed by atoms with E-state index in [0.717, 1.165) is 18.3 Å². The number of pyridine rings is 1. The third-order valence-electron chi connectivity index (χ3n) is 2.49. The van der Waals surface area contributed by atoms with Crippen LogP contribution >= 0.6 is 0 Å². The van der Waals surface area contributed by atoms with Gasteiger partial charge < -0.3 is 0 Å². The van der Waals surface area contributed by atoms with Gasteiger partial charge in [0.05, 0.1) is 5.56 Å². The predicted molar refractivity (Wildman–Crippen MR) is 60.0 cm³/mol. The first kappa shape index (κ1) is 13.2. The summed E-state index contributed by atoms with van der Waals surface area (Å²) in [4.78, 5) is 14.0. The summed E-state index contributed by atoms with van der Waals surface area (Å²) in [6.45, 7) is 0. The highest BCUT2D eigenvalue weighted by Crippen LogP contribution is 2.33. The Labute approximate surface area is 105 Å². The van der Waals surface area contributed by atoms with Crippen LogP contribution < -0.4 is 0 Å². The van der Waals surface area contributed by atoms with Gasteiger partial charge in [-0.1, -0.05) is 12.1 Å². The molecule has 19 heavy (non-hydrogen) atoms. The summed E-state index contributed by atoms with van der Waals surface area (Å²) in [5.41, 5.74) is -1.47. The molecule has 1 heterocycles. The maximum atomic E-state index is 13.0. The van der Waals surface area contributed by atoms with Gasteiger partial charge in [0.2, 0.25) is 0 Å². The monoisotopic (exact) mass is 269 g/mol. The minimum Gasteiger partial charge on any atom is -0.296 e. The van der Waals surface area contributed by atoms with Crippen molar-refractivity contribution in [2.45, 2.75) is 6.18 Å². The number of carbonyl (C=O) groups excluding carboxylic acids is 1. The Morgan fingerprint density at radius 2 is 1.84 bits per heavy atom.